The first-order valence-electron chi connectivity index (χ1n) is 10.4. The van der Waals surface area contributed by atoms with Crippen molar-refractivity contribution in [3.63, 3.8) is 0 Å². The molecule has 0 aromatic carbocycles. The normalized spacial score (nSPS) is 19.9. The average Bonchev–Trinajstić information content (AvgIpc) is 3.47. The van der Waals surface area contributed by atoms with E-state index < -0.39 is 0 Å². The van der Waals surface area contributed by atoms with Gasteiger partial charge in [-0.3, -0.25) is 9.59 Å². The van der Waals surface area contributed by atoms with Gasteiger partial charge in [-0.25, -0.2) is 4.98 Å². The number of aromatic nitrogens is 1. The summed E-state index contributed by atoms with van der Waals surface area (Å²) in [6.45, 7) is 1.42. The molecular formula is C22H27N3O4. The number of carbonyl (C=O) groups excluding carboxylic acids is 2. The lowest BCUT2D eigenvalue weighted by molar-refractivity contribution is -0.126. The van der Waals surface area contributed by atoms with Gasteiger partial charge in [0.1, 0.15) is 6.10 Å². The molecule has 0 radical (unpaired) electrons. The molecule has 2 fully saturated rings. The number of rotatable bonds is 6. The van der Waals surface area contributed by atoms with Gasteiger partial charge in [-0.1, -0.05) is 6.07 Å². The largest absolute Gasteiger partial charge is 0.474 e. The molecule has 1 atom stereocenters. The minimum Gasteiger partial charge on any atom is -0.474 e. The highest BCUT2D eigenvalue weighted by Gasteiger charge is 2.30. The van der Waals surface area contributed by atoms with Crippen molar-refractivity contribution in [3.05, 3.63) is 48.0 Å². The summed E-state index contributed by atoms with van der Waals surface area (Å²) >= 11 is 0. The summed E-state index contributed by atoms with van der Waals surface area (Å²) in [6, 6.07) is 7.14. The number of ether oxygens (including phenoxy) is 1. The Morgan fingerprint density at radius 2 is 2.03 bits per heavy atom. The minimum atomic E-state index is -0.224. The fraction of sp³-hybridized carbons (Fsp3) is 0.500. The first-order chi connectivity index (χ1) is 14.2. The Bertz CT molecular complexity index is 830. The van der Waals surface area contributed by atoms with Crippen molar-refractivity contribution < 1.29 is 18.7 Å². The monoisotopic (exact) mass is 397 g/mol. The first-order valence-corrected chi connectivity index (χ1v) is 10.4. The van der Waals surface area contributed by atoms with Gasteiger partial charge in [0.25, 0.3) is 5.91 Å². The van der Waals surface area contributed by atoms with Crippen LogP contribution in [0.25, 0.3) is 0 Å². The summed E-state index contributed by atoms with van der Waals surface area (Å²) in [5.41, 5.74) is 0.882. The van der Waals surface area contributed by atoms with Crippen LogP contribution in [0.3, 0.4) is 0 Å². The lowest BCUT2D eigenvalue weighted by atomic mass is 9.97. The lowest BCUT2D eigenvalue weighted by Crippen LogP contribution is -2.45. The molecule has 1 N–H and O–H groups in total. The highest BCUT2D eigenvalue weighted by atomic mass is 16.5. The third-order valence-corrected chi connectivity index (χ3v) is 5.69. The molecule has 1 saturated carbocycles. The number of hydrogen-bond donors (Lipinski definition) is 1. The number of piperidine rings is 1. The van der Waals surface area contributed by atoms with E-state index in [2.05, 4.69) is 10.3 Å². The van der Waals surface area contributed by atoms with Crippen LogP contribution in [0.15, 0.2) is 41.1 Å². The molecule has 2 amide bonds. The van der Waals surface area contributed by atoms with Crippen LogP contribution in [0, 0.1) is 5.92 Å². The maximum Gasteiger partial charge on any atom is 0.289 e. The summed E-state index contributed by atoms with van der Waals surface area (Å²) in [6.07, 6.45) is 9.50. The van der Waals surface area contributed by atoms with Crippen LogP contribution in [-0.4, -0.2) is 40.9 Å². The topological polar surface area (TPSA) is 84.7 Å². The lowest BCUT2D eigenvalue weighted by Gasteiger charge is -2.31. The van der Waals surface area contributed by atoms with E-state index in [1.807, 2.05) is 12.1 Å². The van der Waals surface area contributed by atoms with Crippen molar-refractivity contribution in [1.82, 2.24) is 15.2 Å². The van der Waals surface area contributed by atoms with E-state index in [-0.39, 0.29) is 23.8 Å². The average molecular weight is 397 g/mol. The van der Waals surface area contributed by atoms with Gasteiger partial charge >= 0.3 is 0 Å². The van der Waals surface area contributed by atoms with Gasteiger partial charge in [0, 0.05) is 31.4 Å². The van der Waals surface area contributed by atoms with E-state index in [9.17, 15) is 9.59 Å². The molecule has 3 heterocycles. The predicted octanol–water partition coefficient (Wildman–Crippen LogP) is 3.16. The van der Waals surface area contributed by atoms with E-state index in [4.69, 9.17) is 9.15 Å². The Morgan fingerprint density at radius 1 is 1.17 bits per heavy atom. The van der Waals surface area contributed by atoms with Crippen LogP contribution in [-0.2, 0) is 11.3 Å². The van der Waals surface area contributed by atoms with Crippen molar-refractivity contribution in [2.24, 2.45) is 5.92 Å². The number of carbonyl (C=O) groups is 2. The minimum absolute atomic E-state index is 0.0439. The molecule has 1 aliphatic heterocycles. The Morgan fingerprint density at radius 3 is 2.83 bits per heavy atom. The van der Waals surface area contributed by atoms with Gasteiger partial charge in [0.05, 0.1) is 12.2 Å². The summed E-state index contributed by atoms with van der Waals surface area (Å²) in [7, 11) is 0. The fourth-order valence-corrected chi connectivity index (χ4v) is 4.09. The second-order valence-electron chi connectivity index (χ2n) is 7.78. The highest BCUT2D eigenvalue weighted by molar-refractivity contribution is 5.92. The molecule has 2 aromatic rings. The van der Waals surface area contributed by atoms with E-state index in [1.54, 1.807) is 23.2 Å². The van der Waals surface area contributed by atoms with E-state index in [0.29, 0.717) is 31.3 Å². The van der Waals surface area contributed by atoms with Crippen LogP contribution in [0.5, 0.6) is 5.88 Å². The van der Waals surface area contributed by atoms with Crippen LogP contribution < -0.4 is 10.1 Å². The third-order valence-electron chi connectivity index (χ3n) is 5.69. The van der Waals surface area contributed by atoms with Crippen molar-refractivity contribution in [2.75, 3.05) is 13.1 Å². The molecule has 29 heavy (non-hydrogen) atoms. The number of hydrogen-bond acceptors (Lipinski definition) is 5. The molecule has 7 nitrogen and oxygen atoms in total. The highest BCUT2D eigenvalue weighted by Crippen LogP contribution is 2.25. The molecule has 4 rings (SSSR count). The van der Waals surface area contributed by atoms with Crippen molar-refractivity contribution >= 4 is 11.8 Å². The second-order valence-corrected chi connectivity index (χ2v) is 7.78. The molecule has 7 heteroatoms. The molecule has 0 spiro atoms. The molecule has 1 unspecified atom stereocenters. The predicted molar refractivity (Wildman–Crippen MR) is 106 cm³/mol. The number of amides is 2. The number of pyridine rings is 1. The van der Waals surface area contributed by atoms with Crippen LogP contribution >= 0.6 is 0 Å². The van der Waals surface area contributed by atoms with Crippen molar-refractivity contribution in [1.29, 1.82) is 0 Å². The third kappa shape index (κ3) is 4.78. The van der Waals surface area contributed by atoms with Gasteiger partial charge in [-0.2, -0.15) is 0 Å². The quantitative estimate of drug-likeness (QED) is 0.809. The first kappa shape index (κ1) is 19.5. The SMILES string of the molecule is O=C(NCc1cccnc1OC1CCCC1)C1CCCN(C(=O)c2ccco2)C1. The zero-order valence-electron chi connectivity index (χ0n) is 16.5. The number of nitrogens with zero attached hydrogens (tertiary/aromatic N) is 2. The number of nitrogens with one attached hydrogen (secondary N) is 1. The summed E-state index contributed by atoms with van der Waals surface area (Å²) in [5, 5.41) is 3.01. The summed E-state index contributed by atoms with van der Waals surface area (Å²) in [4.78, 5) is 31.3. The smallest absolute Gasteiger partial charge is 0.289 e. The molecule has 0 bridgehead atoms. The van der Waals surface area contributed by atoms with Gasteiger partial charge in [-0.05, 0) is 56.7 Å². The zero-order valence-corrected chi connectivity index (χ0v) is 16.5. The van der Waals surface area contributed by atoms with Crippen LogP contribution in [0.1, 0.15) is 54.6 Å². The van der Waals surface area contributed by atoms with Crippen molar-refractivity contribution in [2.45, 2.75) is 51.2 Å². The van der Waals surface area contributed by atoms with Crippen molar-refractivity contribution in [3.8, 4) is 5.88 Å². The molecule has 1 aliphatic carbocycles. The Balaban J connectivity index is 1.33. The number of furan rings is 1. The van der Waals surface area contributed by atoms with Gasteiger partial charge < -0.3 is 19.4 Å². The molecule has 2 aliphatic rings. The summed E-state index contributed by atoms with van der Waals surface area (Å²) < 4.78 is 11.3. The van der Waals surface area contributed by atoms with Crippen LogP contribution in [0.2, 0.25) is 0 Å². The molecule has 1 saturated heterocycles. The Hall–Kier alpha value is -2.83. The molecule has 2 aromatic heterocycles. The Labute approximate surface area is 170 Å². The van der Waals surface area contributed by atoms with Gasteiger partial charge in [0.15, 0.2) is 5.76 Å². The maximum atomic E-state index is 12.7. The summed E-state index contributed by atoms with van der Waals surface area (Å²) in [5.74, 6) is 0.497. The second kappa shape index (κ2) is 9.11. The Kier molecular flexibility index (Phi) is 6.12. The maximum absolute atomic E-state index is 12.7. The van der Waals surface area contributed by atoms with E-state index >= 15 is 0 Å². The standard InChI is InChI=1S/C22H27N3O4/c26-20(17-7-4-12-25(15-17)22(27)19-10-5-13-28-19)24-14-16-6-3-11-23-21(16)29-18-8-1-2-9-18/h3,5-6,10-11,13,17-18H,1-2,4,7-9,12,14-15H2,(H,24,26). The zero-order chi connectivity index (χ0) is 20.1. The molecular weight excluding hydrogens is 370 g/mol. The van der Waals surface area contributed by atoms with E-state index in [1.165, 1.54) is 19.1 Å². The van der Waals surface area contributed by atoms with Gasteiger partial charge in [-0.15, -0.1) is 0 Å². The molecule has 154 valence electrons. The number of likely N-dealkylation sites (tertiary alicyclic amines) is 1. The fourth-order valence-electron chi connectivity index (χ4n) is 4.09. The van der Waals surface area contributed by atoms with E-state index in [0.717, 1.165) is 31.2 Å². The van der Waals surface area contributed by atoms with Crippen LogP contribution in [0.4, 0.5) is 0 Å². The van der Waals surface area contributed by atoms with Gasteiger partial charge in [0.2, 0.25) is 11.8 Å².